The maximum absolute atomic E-state index is 12.0. The third-order valence-electron chi connectivity index (χ3n) is 6.05. The van der Waals surface area contributed by atoms with Crippen molar-refractivity contribution in [3.8, 4) is 0 Å². The van der Waals surface area contributed by atoms with Gasteiger partial charge in [0.15, 0.2) is 11.8 Å². The summed E-state index contributed by atoms with van der Waals surface area (Å²) in [6.07, 6.45) is 8.42. The molecule has 174 valence electrons. The van der Waals surface area contributed by atoms with E-state index < -0.39 is 5.60 Å². The van der Waals surface area contributed by atoms with Gasteiger partial charge in [-0.3, -0.25) is 0 Å². The lowest BCUT2D eigenvalue weighted by molar-refractivity contribution is 0.0490. The molecular formula is C22H39N7O2. The summed E-state index contributed by atoms with van der Waals surface area (Å²) < 4.78 is 7.36. The van der Waals surface area contributed by atoms with Crippen LogP contribution in [0, 0.1) is 6.92 Å². The highest BCUT2D eigenvalue weighted by atomic mass is 16.6. The summed E-state index contributed by atoms with van der Waals surface area (Å²) in [4.78, 5) is 16.9. The van der Waals surface area contributed by atoms with Gasteiger partial charge in [0.1, 0.15) is 18.0 Å². The Balaban J connectivity index is 1.53. The molecule has 0 unspecified atom stereocenters. The van der Waals surface area contributed by atoms with Gasteiger partial charge in [0.25, 0.3) is 0 Å². The molecule has 0 atom stereocenters. The molecule has 2 aliphatic rings. The second kappa shape index (κ2) is 10.3. The molecule has 2 saturated carbocycles. The zero-order chi connectivity index (χ0) is 22.4. The van der Waals surface area contributed by atoms with E-state index in [-0.39, 0.29) is 12.1 Å². The van der Waals surface area contributed by atoms with Crippen molar-refractivity contribution in [2.75, 3.05) is 0 Å². The van der Waals surface area contributed by atoms with Crippen molar-refractivity contribution < 1.29 is 9.53 Å². The Morgan fingerprint density at radius 2 is 1.55 bits per heavy atom. The molecule has 1 aromatic heterocycles. The van der Waals surface area contributed by atoms with Gasteiger partial charge in [-0.1, -0.05) is 12.8 Å². The van der Waals surface area contributed by atoms with Crippen LogP contribution in [0.1, 0.15) is 83.8 Å². The molecule has 0 aliphatic heterocycles. The molecule has 9 nitrogen and oxygen atoms in total. The summed E-state index contributed by atoms with van der Waals surface area (Å²) >= 11 is 0. The predicted molar refractivity (Wildman–Crippen MR) is 121 cm³/mol. The first-order valence-corrected chi connectivity index (χ1v) is 11.6. The fraction of sp³-hybridized carbons (Fsp3) is 0.818. The molecule has 2 aliphatic carbocycles. The zero-order valence-corrected chi connectivity index (χ0v) is 19.7. The number of aliphatic imine (C=N–C) groups is 1. The number of guanidine groups is 1. The first kappa shape index (κ1) is 23.3. The number of amides is 1. The molecule has 1 aromatic rings. The van der Waals surface area contributed by atoms with Gasteiger partial charge in [0.05, 0.1) is 0 Å². The fourth-order valence-electron chi connectivity index (χ4n) is 4.18. The minimum Gasteiger partial charge on any atom is -0.444 e. The number of hydrogen-bond donors (Lipinski definition) is 3. The van der Waals surface area contributed by atoms with Crippen molar-refractivity contribution in [2.24, 2.45) is 12.0 Å². The van der Waals surface area contributed by atoms with E-state index in [1.165, 1.54) is 25.7 Å². The van der Waals surface area contributed by atoms with E-state index in [9.17, 15) is 4.79 Å². The van der Waals surface area contributed by atoms with E-state index in [1.807, 2.05) is 39.3 Å². The van der Waals surface area contributed by atoms with Crippen LogP contribution in [0.15, 0.2) is 4.99 Å². The van der Waals surface area contributed by atoms with Gasteiger partial charge in [0, 0.05) is 25.2 Å². The molecule has 9 heteroatoms. The molecule has 2 fully saturated rings. The van der Waals surface area contributed by atoms with Crippen molar-refractivity contribution in [1.29, 1.82) is 0 Å². The zero-order valence-electron chi connectivity index (χ0n) is 19.7. The van der Waals surface area contributed by atoms with Crippen molar-refractivity contribution in [1.82, 2.24) is 30.7 Å². The highest BCUT2D eigenvalue weighted by Gasteiger charge is 2.26. The van der Waals surface area contributed by atoms with Gasteiger partial charge in [-0.15, -0.1) is 10.2 Å². The lowest BCUT2D eigenvalue weighted by Crippen LogP contribution is -2.49. The van der Waals surface area contributed by atoms with Crippen LogP contribution in [-0.2, 0) is 18.3 Å². The van der Waals surface area contributed by atoms with E-state index >= 15 is 0 Å². The third-order valence-corrected chi connectivity index (χ3v) is 6.05. The lowest BCUT2D eigenvalue weighted by Gasteiger charge is -2.31. The van der Waals surface area contributed by atoms with Gasteiger partial charge in [-0.25, -0.2) is 9.79 Å². The maximum Gasteiger partial charge on any atom is 0.407 e. The molecule has 0 radical (unpaired) electrons. The van der Waals surface area contributed by atoms with E-state index in [0.717, 1.165) is 43.3 Å². The Morgan fingerprint density at radius 3 is 2.06 bits per heavy atom. The third kappa shape index (κ3) is 7.40. The number of ether oxygens (including phenoxy) is 1. The second-order valence-electron chi connectivity index (χ2n) is 9.85. The first-order valence-electron chi connectivity index (χ1n) is 11.6. The summed E-state index contributed by atoms with van der Waals surface area (Å²) in [5.74, 6) is 2.60. The normalized spacial score (nSPS) is 22.9. The summed E-state index contributed by atoms with van der Waals surface area (Å²) in [5, 5.41) is 18.6. The number of aryl methyl sites for hydroxylation is 1. The molecule has 0 bridgehead atoms. The van der Waals surface area contributed by atoms with Crippen LogP contribution in [0.5, 0.6) is 0 Å². The van der Waals surface area contributed by atoms with Gasteiger partial charge < -0.3 is 25.3 Å². The first-order chi connectivity index (χ1) is 14.7. The fourth-order valence-corrected chi connectivity index (χ4v) is 4.18. The van der Waals surface area contributed by atoms with Crippen LogP contribution in [0.3, 0.4) is 0 Å². The molecule has 0 spiro atoms. The van der Waals surface area contributed by atoms with Crippen LogP contribution in [0.25, 0.3) is 0 Å². The largest absolute Gasteiger partial charge is 0.444 e. The minimum atomic E-state index is -0.471. The average Bonchev–Trinajstić information content (AvgIpc) is 3.30. The highest BCUT2D eigenvalue weighted by Crippen LogP contribution is 2.21. The molecule has 3 N–H and O–H groups in total. The number of nitrogens with one attached hydrogen (secondary N) is 3. The molecule has 3 rings (SSSR count). The Labute approximate surface area is 185 Å². The van der Waals surface area contributed by atoms with Crippen LogP contribution < -0.4 is 16.0 Å². The quantitative estimate of drug-likeness (QED) is 0.487. The minimum absolute atomic E-state index is 0.165. The number of aromatic nitrogens is 3. The van der Waals surface area contributed by atoms with Gasteiger partial charge >= 0.3 is 6.09 Å². The number of hydrogen-bond acceptors (Lipinski definition) is 5. The molecule has 0 saturated heterocycles. The summed E-state index contributed by atoms with van der Waals surface area (Å²) in [6, 6.07) is 0.987. The second-order valence-corrected chi connectivity index (χ2v) is 9.85. The van der Waals surface area contributed by atoms with E-state index in [2.05, 4.69) is 26.1 Å². The summed E-state index contributed by atoms with van der Waals surface area (Å²) in [7, 11) is 1.97. The lowest BCUT2D eigenvalue weighted by atomic mass is 9.91. The predicted octanol–water partition coefficient (Wildman–Crippen LogP) is 2.94. The average molecular weight is 434 g/mol. The Morgan fingerprint density at radius 1 is 1.00 bits per heavy atom. The molecular weight excluding hydrogens is 394 g/mol. The van der Waals surface area contributed by atoms with Crippen LogP contribution in [-0.4, -0.2) is 50.5 Å². The smallest absolute Gasteiger partial charge is 0.407 e. The Hall–Kier alpha value is -2.32. The maximum atomic E-state index is 12.0. The van der Waals surface area contributed by atoms with Crippen LogP contribution >= 0.6 is 0 Å². The number of nitrogens with zero attached hydrogens (tertiary/aromatic N) is 4. The molecule has 0 aromatic carbocycles. The Bertz CT molecular complexity index is 754. The van der Waals surface area contributed by atoms with Gasteiger partial charge in [-0.05, 0) is 66.2 Å². The number of alkyl carbamates (subject to hydrolysis) is 1. The number of carbonyl (C=O) groups excluding carboxylic acids is 1. The van der Waals surface area contributed by atoms with E-state index in [4.69, 9.17) is 9.73 Å². The summed E-state index contributed by atoms with van der Waals surface area (Å²) in [5.41, 5.74) is -0.471. The summed E-state index contributed by atoms with van der Waals surface area (Å²) in [6.45, 7) is 8.09. The number of carbonyl (C=O) groups is 1. The van der Waals surface area contributed by atoms with Crippen molar-refractivity contribution in [3.63, 3.8) is 0 Å². The number of rotatable bonds is 5. The van der Waals surface area contributed by atoms with Crippen molar-refractivity contribution >= 4 is 12.1 Å². The monoisotopic (exact) mass is 433 g/mol. The SMILES string of the molecule is Cc1nnc(CN=C(NC2CCCC2)NC2CCC(NC(=O)OC(C)(C)C)CC2)n1C. The highest BCUT2D eigenvalue weighted by molar-refractivity contribution is 5.80. The topological polar surface area (TPSA) is 105 Å². The van der Waals surface area contributed by atoms with Gasteiger partial charge in [-0.2, -0.15) is 0 Å². The van der Waals surface area contributed by atoms with Crippen LogP contribution in [0.2, 0.25) is 0 Å². The Kier molecular flexibility index (Phi) is 7.78. The standard InChI is InChI=1S/C22H39N7O2/c1-15-27-28-19(29(15)5)14-23-20(24-16-8-6-7-9-16)25-17-10-12-18(13-11-17)26-21(30)31-22(2,3)4/h16-18H,6-14H2,1-5H3,(H,26,30)(H2,23,24,25). The molecule has 1 heterocycles. The van der Waals surface area contributed by atoms with Crippen molar-refractivity contribution in [3.05, 3.63) is 11.6 Å². The molecule has 31 heavy (non-hydrogen) atoms. The van der Waals surface area contributed by atoms with Crippen molar-refractivity contribution in [2.45, 2.75) is 109 Å². The van der Waals surface area contributed by atoms with E-state index in [0.29, 0.717) is 18.6 Å². The molecule has 1 amide bonds. The van der Waals surface area contributed by atoms with Crippen LogP contribution in [0.4, 0.5) is 4.79 Å². The van der Waals surface area contributed by atoms with Gasteiger partial charge in [0.2, 0.25) is 0 Å². The van der Waals surface area contributed by atoms with E-state index in [1.54, 1.807) is 0 Å².